The molecule has 0 unspecified atom stereocenters. The summed E-state index contributed by atoms with van der Waals surface area (Å²) in [6, 6.07) is 14.0. The molecule has 164 valence electrons. The molecule has 0 radical (unpaired) electrons. The second kappa shape index (κ2) is 8.90. The predicted octanol–water partition coefficient (Wildman–Crippen LogP) is 3.67. The average molecular weight is 453 g/mol. The third-order valence-corrected chi connectivity index (χ3v) is 5.57. The molecule has 2 aromatic carbocycles. The van der Waals surface area contributed by atoms with Gasteiger partial charge in [-0.2, -0.15) is 13.2 Å². The van der Waals surface area contributed by atoms with E-state index >= 15 is 0 Å². The molecule has 0 spiro atoms. The normalized spacial score (nSPS) is 12.0. The number of halogens is 3. The number of aryl methyl sites for hydroxylation is 1. The maximum atomic E-state index is 12.3. The summed E-state index contributed by atoms with van der Waals surface area (Å²) >= 11 is 0. The summed E-state index contributed by atoms with van der Waals surface area (Å²) < 4.78 is 67.5. The standard InChI is InChI=1S/C20H18F3N3O4S/c1-13-17(26-19(30-13)14-5-3-2-4-6-14)11-18(27)25-15-7-9-16(10-8-15)31(28,29)24-12-20(21,22)23/h2-10,24H,11-12H2,1H3,(H,25,27). The van der Waals surface area contributed by atoms with Gasteiger partial charge in [-0.15, -0.1) is 0 Å². The third kappa shape index (κ3) is 6.15. The number of nitrogens with zero attached hydrogens (tertiary/aromatic N) is 1. The summed E-state index contributed by atoms with van der Waals surface area (Å²) in [5.41, 5.74) is 1.50. The Bertz CT molecular complexity index is 1160. The second-order valence-electron chi connectivity index (χ2n) is 6.58. The van der Waals surface area contributed by atoms with Crippen molar-refractivity contribution in [3.8, 4) is 11.5 Å². The lowest BCUT2D eigenvalue weighted by Gasteiger charge is -2.10. The zero-order valence-electron chi connectivity index (χ0n) is 16.2. The Hall–Kier alpha value is -3.18. The first-order chi connectivity index (χ1) is 14.5. The molecule has 11 heteroatoms. The number of carbonyl (C=O) groups is 1. The van der Waals surface area contributed by atoms with Gasteiger partial charge in [-0.3, -0.25) is 4.79 Å². The first kappa shape index (κ1) is 22.5. The fourth-order valence-corrected chi connectivity index (χ4v) is 3.65. The van der Waals surface area contributed by atoms with Crippen LogP contribution in [0.15, 0.2) is 63.9 Å². The van der Waals surface area contributed by atoms with Crippen LogP contribution in [0.1, 0.15) is 11.5 Å². The van der Waals surface area contributed by atoms with E-state index in [2.05, 4.69) is 10.3 Å². The highest BCUT2D eigenvalue weighted by molar-refractivity contribution is 7.89. The number of aromatic nitrogens is 1. The van der Waals surface area contributed by atoms with E-state index in [4.69, 9.17) is 4.42 Å². The highest BCUT2D eigenvalue weighted by Gasteiger charge is 2.30. The molecule has 3 rings (SSSR count). The maximum absolute atomic E-state index is 12.3. The van der Waals surface area contributed by atoms with Crippen LogP contribution in [0.2, 0.25) is 0 Å². The van der Waals surface area contributed by atoms with Crippen molar-refractivity contribution in [3.05, 3.63) is 66.1 Å². The lowest BCUT2D eigenvalue weighted by Crippen LogP contribution is -2.33. The van der Waals surface area contributed by atoms with Gasteiger partial charge >= 0.3 is 6.18 Å². The number of oxazole rings is 1. The van der Waals surface area contributed by atoms with Crippen LogP contribution in [0.5, 0.6) is 0 Å². The van der Waals surface area contributed by atoms with Crippen LogP contribution in [-0.4, -0.2) is 32.0 Å². The van der Waals surface area contributed by atoms with E-state index in [9.17, 15) is 26.4 Å². The number of benzene rings is 2. The van der Waals surface area contributed by atoms with Gasteiger partial charge in [0.15, 0.2) is 0 Å². The van der Waals surface area contributed by atoms with Gasteiger partial charge in [-0.05, 0) is 43.3 Å². The number of sulfonamides is 1. The van der Waals surface area contributed by atoms with Crippen LogP contribution in [0.3, 0.4) is 0 Å². The molecular formula is C20H18F3N3O4S. The molecule has 0 fully saturated rings. The molecule has 2 N–H and O–H groups in total. The van der Waals surface area contributed by atoms with Crippen molar-refractivity contribution in [2.75, 3.05) is 11.9 Å². The van der Waals surface area contributed by atoms with Gasteiger partial charge in [0.2, 0.25) is 21.8 Å². The molecule has 0 bridgehead atoms. The van der Waals surface area contributed by atoms with Crippen LogP contribution in [0.25, 0.3) is 11.5 Å². The quantitative estimate of drug-likeness (QED) is 0.569. The third-order valence-electron chi connectivity index (χ3n) is 4.15. The molecule has 1 heterocycles. The lowest BCUT2D eigenvalue weighted by molar-refractivity contribution is -0.121. The van der Waals surface area contributed by atoms with Crippen LogP contribution in [0, 0.1) is 6.92 Å². The second-order valence-corrected chi connectivity index (χ2v) is 8.34. The zero-order valence-corrected chi connectivity index (χ0v) is 17.0. The largest absolute Gasteiger partial charge is 0.441 e. The highest BCUT2D eigenvalue weighted by atomic mass is 32.2. The Kier molecular flexibility index (Phi) is 6.46. The number of hydrogen-bond donors (Lipinski definition) is 2. The SMILES string of the molecule is Cc1oc(-c2ccccc2)nc1CC(=O)Nc1ccc(S(=O)(=O)NCC(F)(F)F)cc1. The Morgan fingerprint density at radius 2 is 1.71 bits per heavy atom. The molecule has 0 aliphatic carbocycles. The highest BCUT2D eigenvalue weighted by Crippen LogP contribution is 2.22. The number of carbonyl (C=O) groups excluding carboxylic acids is 1. The molecule has 3 aromatic rings. The fourth-order valence-electron chi connectivity index (χ4n) is 2.63. The molecule has 0 atom stereocenters. The molecular weight excluding hydrogens is 435 g/mol. The van der Waals surface area contributed by atoms with Gasteiger partial charge in [0.1, 0.15) is 12.3 Å². The van der Waals surface area contributed by atoms with Crippen molar-refractivity contribution in [1.82, 2.24) is 9.71 Å². The van der Waals surface area contributed by atoms with Crippen molar-refractivity contribution < 1.29 is 30.8 Å². The zero-order chi connectivity index (χ0) is 22.6. The molecule has 0 aliphatic heterocycles. The fraction of sp³-hybridized carbons (Fsp3) is 0.200. The molecule has 0 saturated heterocycles. The van der Waals surface area contributed by atoms with Gasteiger partial charge in [-0.25, -0.2) is 18.1 Å². The van der Waals surface area contributed by atoms with Crippen LogP contribution in [0.4, 0.5) is 18.9 Å². The maximum Gasteiger partial charge on any atom is 0.402 e. The van der Waals surface area contributed by atoms with Crippen molar-refractivity contribution in [1.29, 1.82) is 0 Å². The smallest absolute Gasteiger partial charge is 0.402 e. The minimum absolute atomic E-state index is 0.0741. The average Bonchev–Trinajstić information content (AvgIpc) is 3.07. The summed E-state index contributed by atoms with van der Waals surface area (Å²) in [5, 5.41) is 2.59. The number of nitrogens with one attached hydrogen (secondary N) is 2. The lowest BCUT2D eigenvalue weighted by atomic mass is 10.2. The van der Waals surface area contributed by atoms with Gasteiger partial charge in [0, 0.05) is 11.3 Å². The van der Waals surface area contributed by atoms with E-state index in [0.29, 0.717) is 17.3 Å². The van der Waals surface area contributed by atoms with E-state index < -0.39 is 28.7 Å². The van der Waals surface area contributed by atoms with E-state index in [0.717, 1.165) is 17.7 Å². The molecule has 1 amide bonds. The first-order valence-electron chi connectivity index (χ1n) is 9.01. The predicted molar refractivity (Wildman–Crippen MR) is 107 cm³/mol. The number of rotatable bonds is 7. The number of alkyl halides is 3. The monoisotopic (exact) mass is 453 g/mol. The Labute approximate surface area is 176 Å². The number of anilines is 1. The van der Waals surface area contributed by atoms with Crippen LogP contribution < -0.4 is 10.0 Å². The molecule has 0 aliphatic rings. The Morgan fingerprint density at radius 3 is 2.32 bits per heavy atom. The van der Waals surface area contributed by atoms with E-state index in [-0.39, 0.29) is 17.0 Å². The summed E-state index contributed by atoms with van der Waals surface area (Å²) in [6.07, 6.45) is -4.74. The summed E-state index contributed by atoms with van der Waals surface area (Å²) in [7, 11) is -4.32. The summed E-state index contributed by atoms with van der Waals surface area (Å²) in [6.45, 7) is 0.0193. The van der Waals surface area contributed by atoms with E-state index in [1.165, 1.54) is 16.9 Å². The molecule has 7 nitrogen and oxygen atoms in total. The topological polar surface area (TPSA) is 101 Å². The van der Waals surface area contributed by atoms with Crippen molar-refractivity contribution in [2.24, 2.45) is 0 Å². The Balaban J connectivity index is 1.63. The van der Waals surface area contributed by atoms with Gasteiger partial charge in [0.05, 0.1) is 17.0 Å². The van der Waals surface area contributed by atoms with Crippen molar-refractivity contribution in [3.63, 3.8) is 0 Å². The number of amides is 1. The van der Waals surface area contributed by atoms with Gasteiger partial charge < -0.3 is 9.73 Å². The van der Waals surface area contributed by atoms with Gasteiger partial charge in [0.25, 0.3) is 0 Å². The van der Waals surface area contributed by atoms with Crippen molar-refractivity contribution in [2.45, 2.75) is 24.4 Å². The molecule has 31 heavy (non-hydrogen) atoms. The van der Waals surface area contributed by atoms with E-state index in [1.54, 1.807) is 6.92 Å². The molecule has 1 aromatic heterocycles. The minimum Gasteiger partial charge on any atom is -0.441 e. The van der Waals surface area contributed by atoms with Crippen LogP contribution >= 0.6 is 0 Å². The minimum atomic E-state index is -4.67. The van der Waals surface area contributed by atoms with Crippen LogP contribution in [-0.2, 0) is 21.2 Å². The van der Waals surface area contributed by atoms with Gasteiger partial charge in [-0.1, -0.05) is 18.2 Å². The van der Waals surface area contributed by atoms with E-state index in [1.807, 2.05) is 30.3 Å². The summed E-state index contributed by atoms with van der Waals surface area (Å²) in [5.74, 6) is 0.467. The summed E-state index contributed by atoms with van der Waals surface area (Å²) in [4.78, 5) is 16.3. The molecule has 0 saturated carbocycles. The van der Waals surface area contributed by atoms with Crippen molar-refractivity contribution >= 4 is 21.6 Å². The Morgan fingerprint density at radius 1 is 1.06 bits per heavy atom. The number of hydrogen-bond acceptors (Lipinski definition) is 5. The first-order valence-corrected chi connectivity index (χ1v) is 10.5.